The number of hydrazine groups is 1. The molecule has 0 atom stereocenters. The Hall–Kier alpha value is -2.26. The van der Waals surface area contributed by atoms with E-state index in [1.54, 1.807) is 34.6 Å². The van der Waals surface area contributed by atoms with E-state index >= 15 is 0 Å². The van der Waals surface area contributed by atoms with Crippen molar-refractivity contribution in [2.45, 2.75) is 0 Å². The fourth-order valence-corrected chi connectivity index (χ4v) is 2.86. The van der Waals surface area contributed by atoms with Crippen LogP contribution in [0.2, 0.25) is 0 Å². The third-order valence-electron chi connectivity index (χ3n) is 3.29. The summed E-state index contributed by atoms with van der Waals surface area (Å²) in [4.78, 5) is 20.6. The molecule has 1 amide bonds. The number of thiazole rings is 1. The summed E-state index contributed by atoms with van der Waals surface area (Å²) in [7, 11) is 0. The number of carbonyl (C=O) groups excluding carboxylic acids is 1. The number of aromatic nitrogens is 3. The minimum atomic E-state index is -0.107. The Labute approximate surface area is 125 Å². The minimum absolute atomic E-state index is 0.107. The molecule has 0 radical (unpaired) electrons. The van der Waals surface area contributed by atoms with Gasteiger partial charge in [-0.05, 0) is 12.1 Å². The van der Waals surface area contributed by atoms with Crippen molar-refractivity contribution in [2.24, 2.45) is 5.84 Å². The molecule has 2 aromatic heterocycles. The first-order chi connectivity index (χ1) is 10.3. The van der Waals surface area contributed by atoms with Crippen molar-refractivity contribution in [3.05, 3.63) is 29.4 Å². The van der Waals surface area contributed by atoms with Gasteiger partial charge in [0, 0.05) is 37.8 Å². The average Bonchev–Trinajstić information content (AvgIpc) is 3.09. The van der Waals surface area contributed by atoms with Gasteiger partial charge >= 0.3 is 0 Å². The lowest BCUT2D eigenvalue weighted by molar-refractivity contribution is 0.0739. The van der Waals surface area contributed by atoms with Crippen molar-refractivity contribution in [1.82, 2.24) is 20.1 Å². The normalized spacial score (nSPS) is 15.1. The van der Waals surface area contributed by atoms with E-state index in [-0.39, 0.29) is 5.91 Å². The summed E-state index contributed by atoms with van der Waals surface area (Å²) in [6, 6.07) is 3.25. The summed E-state index contributed by atoms with van der Waals surface area (Å²) in [5.41, 5.74) is 2.71. The Bertz CT molecular complexity index is 593. The van der Waals surface area contributed by atoms with Crippen LogP contribution in [-0.2, 0) is 0 Å². The Kier molecular flexibility index (Phi) is 3.93. The average molecular weight is 305 g/mol. The monoisotopic (exact) mass is 305 g/mol. The number of nitrogens with zero attached hydrogens (tertiary/aromatic N) is 5. The molecule has 3 heterocycles. The molecule has 21 heavy (non-hydrogen) atoms. The van der Waals surface area contributed by atoms with Gasteiger partial charge in [0.25, 0.3) is 5.91 Å². The maximum absolute atomic E-state index is 12.3. The number of piperazine rings is 1. The van der Waals surface area contributed by atoms with Crippen LogP contribution >= 0.6 is 11.3 Å². The van der Waals surface area contributed by atoms with E-state index in [9.17, 15) is 4.79 Å². The highest BCUT2D eigenvalue weighted by Crippen LogP contribution is 2.19. The fraction of sp³-hybridized carbons (Fsp3) is 0.333. The largest absolute Gasteiger partial charge is 0.345 e. The molecule has 0 spiro atoms. The van der Waals surface area contributed by atoms with Gasteiger partial charge in [0.1, 0.15) is 0 Å². The van der Waals surface area contributed by atoms with Crippen molar-refractivity contribution in [3.63, 3.8) is 0 Å². The Balaban J connectivity index is 1.62. The highest BCUT2D eigenvalue weighted by atomic mass is 32.1. The number of carbonyl (C=O) groups is 1. The van der Waals surface area contributed by atoms with Crippen LogP contribution in [0.5, 0.6) is 0 Å². The summed E-state index contributed by atoms with van der Waals surface area (Å²) in [5.74, 6) is 5.55. The molecule has 2 aromatic rings. The first-order valence-corrected chi connectivity index (χ1v) is 7.40. The number of nitrogens with one attached hydrogen (secondary N) is 1. The molecular weight excluding hydrogens is 290 g/mol. The second kappa shape index (κ2) is 6.02. The van der Waals surface area contributed by atoms with Gasteiger partial charge in [-0.3, -0.25) is 4.79 Å². The van der Waals surface area contributed by atoms with Gasteiger partial charge in [-0.25, -0.2) is 10.8 Å². The zero-order valence-corrected chi connectivity index (χ0v) is 12.1. The summed E-state index contributed by atoms with van der Waals surface area (Å²) >= 11 is 1.61. The number of anilines is 2. The SMILES string of the molecule is NNc1ccc(C(=O)N2CCN(c3nccs3)CC2)nn1. The predicted octanol–water partition coefficient (Wildman–Crippen LogP) is 0.181. The van der Waals surface area contributed by atoms with E-state index in [1.165, 1.54) is 0 Å². The van der Waals surface area contributed by atoms with Gasteiger partial charge in [0.2, 0.25) is 0 Å². The topological polar surface area (TPSA) is 100 Å². The van der Waals surface area contributed by atoms with E-state index in [2.05, 4.69) is 25.5 Å². The summed E-state index contributed by atoms with van der Waals surface area (Å²) in [6.07, 6.45) is 1.79. The molecule has 0 aromatic carbocycles. The molecule has 1 saturated heterocycles. The quantitative estimate of drug-likeness (QED) is 0.616. The fourth-order valence-electron chi connectivity index (χ4n) is 2.16. The van der Waals surface area contributed by atoms with E-state index in [0.717, 1.165) is 18.2 Å². The van der Waals surface area contributed by atoms with Gasteiger partial charge in [-0.2, -0.15) is 0 Å². The standard InChI is InChI=1S/C12H15N7OS/c13-15-10-2-1-9(16-17-10)11(20)18-4-6-19(7-5-18)12-14-3-8-21-12/h1-3,8H,4-7,13H2,(H,15,17). The van der Waals surface area contributed by atoms with Crippen LogP contribution in [0.3, 0.4) is 0 Å². The van der Waals surface area contributed by atoms with Crippen molar-refractivity contribution in [2.75, 3.05) is 36.5 Å². The van der Waals surface area contributed by atoms with Crippen LogP contribution in [0.15, 0.2) is 23.7 Å². The number of hydrogen-bond acceptors (Lipinski definition) is 8. The zero-order chi connectivity index (χ0) is 14.7. The second-order valence-electron chi connectivity index (χ2n) is 4.54. The smallest absolute Gasteiger partial charge is 0.274 e. The van der Waals surface area contributed by atoms with Crippen LogP contribution in [0.25, 0.3) is 0 Å². The molecular formula is C12H15N7OS. The predicted molar refractivity (Wildman–Crippen MR) is 80.1 cm³/mol. The highest BCUT2D eigenvalue weighted by molar-refractivity contribution is 7.13. The Morgan fingerprint density at radius 1 is 1.24 bits per heavy atom. The van der Waals surface area contributed by atoms with Crippen LogP contribution in [0.1, 0.15) is 10.5 Å². The molecule has 0 aliphatic carbocycles. The van der Waals surface area contributed by atoms with Gasteiger partial charge in [-0.15, -0.1) is 21.5 Å². The van der Waals surface area contributed by atoms with Crippen LogP contribution in [-0.4, -0.2) is 52.2 Å². The number of nitrogens with two attached hydrogens (primary N) is 1. The molecule has 9 heteroatoms. The van der Waals surface area contributed by atoms with E-state index in [1.807, 2.05) is 5.38 Å². The summed E-state index contributed by atoms with van der Waals surface area (Å²) < 4.78 is 0. The maximum atomic E-state index is 12.3. The van der Waals surface area contributed by atoms with Gasteiger partial charge < -0.3 is 15.2 Å². The number of nitrogen functional groups attached to an aromatic ring is 1. The Morgan fingerprint density at radius 2 is 2.05 bits per heavy atom. The highest BCUT2D eigenvalue weighted by Gasteiger charge is 2.24. The molecule has 110 valence electrons. The summed E-state index contributed by atoms with van der Waals surface area (Å²) in [5, 5.41) is 10.7. The molecule has 0 bridgehead atoms. The van der Waals surface area contributed by atoms with Crippen molar-refractivity contribution < 1.29 is 4.79 Å². The Morgan fingerprint density at radius 3 is 2.62 bits per heavy atom. The lowest BCUT2D eigenvalue weighted by Crippen LogP contribution is -2.49. The van der Waals surface area contributed by atoms with Gasteiger partial charge in [0.15, 0.2) is 16.6 Å². The molecule has 0 saturated carbocycles. The first kappa shape index (κ1) is 13.7. The number of hydrogen-bond donors (Lipinski definition) is 2. The summed E-state index contributed by atoms with van der Waals surface area (Å²) in [6.45, 7) is 2.85. The van der Waals surface area contributed by atoms with Gasteiger partial charge in [-0.1, -0.05) is 0 Å². The zero-order valence-electron chi connectivity index (χ0n) is 11.3. The van der Waals surface area contributed by atoms with Crippen LogP contribution in [0.4, 0.5) is 10.9 Å². The lowest BCUT2D eigenvalue weighted by Gasteiger charge is -2.34. The molecule has 1 fully saturated rings. The van der Waals surface area contributed by atoms with E-state index < -0.39 is 0 Å². The van der Waals surface area contributed by atoms with Crippen LogP contribution in [0, 0.1) is 0 Å². The molecule has 8 nitrogen and oxygen atoms in total. The lowest BCUT2D eigenvalue weighted by atomic mass is 10.2. The molecule has 0 unspecified atom stereocenters. The third kappa shape index (κ3) is 2.93. The van der Waals surface area contributed by atoms with E-state index in [0.29, 0.717) is 24.6 Å². The molecule has 1 aliphatic heterocycles. The van der Waals surface area contributed by atoms with Gasteiger partial charge in [0.05, 0.1) is 0 Å². The maximum Gasteiger partial charge on any atom is 0.274 e. The number of rotatable bonds is 3. The molecule has 1 aliphatic rings. The van der Waals surface area contributed by atoms with Crippen molar-refractivity contribution >= 4 is 28.2 Å². The minimum Gasteiger partial charge on any atom is -0.345 e. The second-order valence-corrected chi connectivity index (χ2v) is 5.42. The molecule has 3 N–H and O–H groups in total. The molecule has 3 rings (SSSR count). The number of amides is 1. The van der Waals surface area contributed by atoms with Crippen molar-refractivity contribution in [3.8, 4) is 0 Å². The first-order valence-electron chi connectivity index (χ1n) is 6.52. The third-order valence-corrected chi connectivity index (χ3v) is 4.12. The van der Waals surface area contributed by atoms with Crippen LogP contribution < -0.4 is 16.2 Å². The van der Waals surface area contributed by atoms with Crippen molar-refractivity contribution in [1.29, 1.82) is 0 Å². The van der Waals surface area contributed by atoms with E-state index in [4.69, 9.17) is 5.84 Å².